The van der Waals surface area contributed by atoms with Gasteiger partial charge in [-0.2, -0.15) is 0 Å². The third kappa shape index (κ3) is 2.60. The Labute approximate surface area is 126 Å². The second-order valence-corrected chi connectivity index (χ2v) is 5.65. The van der Waals surface area contributed by atoms with Gasteiger partial charge in [-0.05, 0) is 37.8 Å². The number of benzene rings is 1. The van der Waals surface area contributed by atoms with Crippen molar-refractivity contribution in [2.45, 2.75) is 25.9 Å². The van der Waals surface area contributed by atoms with Gasteiger partial charge in [-0.25, -0.2) is 0 Å². The van der Waals surface area contributed by atoms with Crippen LogP contribution in [0.3, 0.4) is 0 Å². The molecule has 0 spiro atoms. The highest BCUT2D eigenvalue weighted by molar-refractivity contribution is 5.64. The average Bonchev–Trinajstić information content (AvgIpc) is 2.52. The molecule has 4 nitrogen and oxygen atoms in total. The summed E-state index contributed by atoms with van der Waals surface area (Å²) in [7, 11) is 1.66. The number of hydrogen-bond acceptors (Lipinski definition) is 4. The predicted molar refractivity (Wildman–Crippen MR) is 82.4 cm³/mol. The maximum absolute atomic E-state index is 10.5. The molecule has 0 amide bonds. The van der Waals surface area contributed by atoms with Crippen molar-refractivity contribution < 1.29 is 14.6 Å². The molecule has 3 heterocycles. The molecular weight excluding hydrogens is 266 g/mol. The number of aliphatic hydroxyl groups is 1. The molecule has 1 aromatic carbocycles. The number of fused-ring (bicyclic) bond motifs is 3. The molecular formula is C17H23NO3. The fraction of sp³-hybridized carbons (Fsp3) is 0.529. The molecule has 1 aromatic rings. The van der Waals surface area contributed by atoms with Crippen molar-refractivity contribution in [3.05, 3.63) is 29.5 Å². The first-order chi connectivity index (χ1) is 10.2. The van der Waals surface area contributed by atoms with E-state index in [4.69, 9.17) is 9.47 Å². The Hall–Kier alpha value is -1.68. The highest BCUT2D eigenvalue weighted by Gasteiger charge is 2.36. The van der Waals surface area contributed by atoms with E-state index in [2.05, 4.69) is 11.0 Å². The number of aliphatic hydroxyl groups excluding tert-OH is 1. The van der Waals surface area contributed by atoms with E-state index >= 15 is 0 Å². The third-order valence-corrected chi connectivity index (χ3v) is 4.47. The standard InChI is InChI=1S/C17H23NO3/c1-3-21-15-6-4-5-13(17(15)20-2)11-14-16(19)12-7-9-18(14)10-8-12/h4-6,11-12,16,19H,3,7-10H2,1-2H3/b14-11-/t16-/m1/s1. The highest BCUT2D eigenvalue weighted by atomic mass is 16.5. The van der Waals surface area contributed by atoms with Crippen molar-refractivity contribution in [3.8, 4) is 11.5 Å². The van der Waals surface area contributed by atoms with Crippen molar-refractivity contribution >= 4 is 6.08 Å². The molecule has 3 aliphatic heterocycles. The minimum atomic E-state index is -0.354. The SMILES string of the molecule is CCOc1cccc(/C=C2/[C@H](O)C3CCN2CC3)c1OC. The topological polar surface area (TPSA) is 41.9 Å². The summed E-state index contributed by atoms with van der Waals surface area (Å²) in [6.07, 6.45) is 3.88. The van der Waals surface area contributed by atoms with E-state index in [-0.39, 0.29) is 6.10 Å². The molecule has 114 valence electrons. The molecule has 0 aromatic heterocycles. The van der Waals surface area contributed by atoms with Crippen LogP contribution < -0.4 is 9.47 Å². The number of para-hydroxylation sites is 1. The number of ether oxygens (including phenoxy) is 2. The van der Waals surface area contributed by atoms with E-state index in [9.17, 15) is 5.11 Å². The van der Waals surface area contributed by atoms with Crippen LogP contribution in [0.4, 0.5) is 0 Å². The number of rotatable bonds is 4. The fourth-order valence-corrected chi connectivity index (χ4v) is 3.37. The Morgan fingerprint density at radius 2 is 2.10 bits per heavy atom. The van der Waals surface area contributed by atoms with Crippen LogP contribution in [0, 0.1) is 5.92 Å². The molecule has 1 atom stereocenters. The lowest BCUT2D eigenvalue weighted by molar-refractivity contribution is 0.0215. The normalized spacial score (nSPS) is 26.2. The minimum absolute atomic E-state index is 0.354. The Bertz CT molecular complexity index is 529. The Morgan fingerprint density at radius 1 is 1.33 bits per heavy atom. The summed E-state index contributed by atoms with van der Waals surface area (Å²) in [5, 5.41) is 10.5. The van der Waals surface area contributed by atoms with Crippen LogP contribution >= 0.6 is 0 Å². The smallest absolute Gasteiger partial charge is 0.167 e. The van der Waals surface area contributed by atoms with Crippen LogP contribution in [0.15, 0.2) is 23.9 Å². The largest absolute Gasteiger partial charge is 0.492 e. The lowest BCUT2D eigenvalue weighted by Gasteiger charge is -2.46. The Morgan fingerprint density at radius 3 is 2.71 bits per heavy atom. The highest BCUT2D eigenvalue weighted by Crippen LogP contribution is 2.38. The first-order valence-corrected chi connectivity index (χ1v) is 7.69. The van der Waals surface area contributed by atoms with E-state index in [1.807, 2.05) is 25.1 Å². The van der Waals surface area contributed by atoms with Gasteiger partial charge in [0.2, 0.25) is 0 Å². The summed E-state index contributed by atoms with van der Waals surface area (Å²) in [6.45, 7) is 4.65. The molecule has 2 bridgehead atoms. The van der Waals surface area contributed by atoms with Crippen LogP contribution in [0.5, 0.6) is 11.5 Å². The van der Waals surface area contributed by atoms with Crippen molar-refractivity contribution in [2.24, 2.45) is 5.92 Å². The van der Waals surface area contributed by atoms with Crippen molar-refractivity contribution in [2.75, 3.05) is 26.8 Å². The molecule has 21 heavy (non-hydrogen) atoms. The van der Waals surface area contributed by atoms with Crippen molar-refractivity contribution in [1.29, 1.82) is 0 Å². The van der Waals surface area contributed by atoms with Gasteiger partial charge in [0.1, 0.15) is 0 Å². The Balaban J connectivity index is 1.97. The van der Waals surface area contributed by atoms with Crippen molar-refractivity contribution in [3.63, 3.8) is 0 Å². The summed E-state index contributed by atoms with van der Waals surface area (Å²) < 4.78 is 11.1. The van der Waals surface area contributed by atoms with Crippen LogP contribution in [0.2, 0.25) is 0 Å². The van der Waals surface area contributed by atoms with Crippen molar-refractivity contribution in [1.82, 2.24) is 4.90 Å². The molecule has 0 saturated carbocycles. The van der Waals surface area contributed by atoms with Gasteiger partial charge in [0.25, 0.3) is 0 Å². The second-order valence-electron chi connectivity index (χ2n) is 5.65. The quantitative estimate of drug-likeness (QED) is 0.925. The molecule has 4 heteroatoms. The van der Waals surface area contributed by atoms with E-state index < -0.39 is 0 Å². The van der Waals surface area contributed by atoms with Gasteiger partial charge in [-0.15, -0.1) is 0 Å². The summed E-state index contributed by atoms with van der Waals surface area (Å²) in [6, 6.07) is 5.88. The molecule has 1 N–H and O–H groups in total. The van der Waals surface area contributed by atoms with Gasteiger partial charge in [0, 0.05) is 24.4 Å². The van der Waals surface area contributed by atoms with Gasteiger partial charge in [0.05, 0.1) is 19.8 Å². The van der Waals surface area contributed by atoms with Gasteiger partial charge in [0.15, 0.2) is 11.5 Å². The average molecular weight is 289 g/mol. The monoisotopic (exact) mass is 289 g/mol. The maximum Gasteiger partial charge on any atom is 0.167 e. The summed E-state index contributed by atoms with van der Waals surface area (Å²) in [5.74, 6) is 1.89. The van der Waals surface area contributed by atoms with Crippen LogP contribution in [-0.4, -0.2) is 42.9 Å². The minimum Gasteiger partial charge on any atom is -0.492 e. The van der Waals surface area contributed by atoms with Gasteiger partial charge >= 0.3 is 0 Å². The summed E-state index contributed by atoms with van der Waals surface area (Å²) in [4.78, 5) is 2.29. The lowest BCUT2D eigenvalue weighted by atomic mass is 9.83. The molecule has 0 radical (unpaired) electrons. The molecule has 3 aliphatic rings. The third-order valence-electron chi connectivity index (χ3n) is 4.47. The molecule has 0 unspecified atom stereocenters. The number of nitrogens with zero attached hydrogens (tertiary/aromatic N) is 1. The first-order valence-electron chi connectivity index (χ1n) is 7.69. The van der Waals surface area contributed by atoms with E-state index in [0.717, 1.165) is 48.7 Å². The summed E-state index contributed by atoms with van der Waals surface area (Å²) >= 11 is 0. The van der Waals surface area contributed by atoms with Gasteiger partial charge < -0.3 is 19.5 Å². The van der Waals surface area contributed by atoms with E-state index in [1.54, 1.807) is 7.11 Å². The van der Waals surface area contributed by atoms with Crippen LogP contribution in [0.25, 0.3) is 6.08 Å². The zero-order valence-corrected chi connectivity index (χ0v) is 12.7. The number of hydrogen-bond donors (Lipinski definition) is 1. The maximum atomic E-state index is 10.5. The number of methoxy groups -OCH3 is 1. The van der Waals surface area contributed by atoms with Crippen LogP contribution in [0.1, 0.15) is 25.3 Å². The zero-order chi connectivity index (χ0) is 14.8. The van der Waals surface area contributed by atoms with Gasteiger partial charge in [-0.3, -0.25) is 0 Å². The van der Waals surface area contributed by atoms with Gasteiger partial charge in [-0.1, -0.05) is 12.1 Å². The second kappa shape index (κ2) is 5.98. The molecule has 0 aliphatic carbocycles. The lowest BCUT2D eigenvalue weighted by Crippen LogP contribution is -2.48. The van der Waals surface area contributed by atoms with Crippen LogP contribution in [-0.2, 0) is 0 Å². The van der Waals surface area contributed by atoms with E-state index in [0.29, 0.717) is 12.5 Å². The Kier molecular flexibility index (Phi) is 4.06. The first kappa shape index (κ1) is 14.3. The predicted octanol–water partition coefficient (Wildman–Crippen LogP) is 2.52. The fourth-order valence-electron chi connectivity index (χ4n) is 3.37. The van der Waals surface area contributed by atoms with E-state index in [1.165, 1.54) is 0 Å². The molecule has 3 saturated heterocycles. The summed E-state index contributed by atoms with van der Waals surface area (Å²) in [5.41, 5.74) is 1.98. The molecule has 3 fully saturated rings. The zero-order valence-electron chi connectivity index (χ0n) is 12.7. The number of piperidine rings is 3. The molecule has 4 rings (SSSR count).